The molecule has 4 atom stereocenters. The molecule has 2 bridgehead atoms. The average Bonchev–Trinajstić information content (AvgIpc) is 2.47. The molecule has 1 aromatic rings. The Balaban J connectivity index is 1.65. The highest BCUT2D eigenvalue weighted by Crippen LogP contribution is 2.23. The first-order valence-electron chi connectivity index (χ1n) is 8.95. The van der Waals surface area contributed by atoms with Crippen molar-refractivity contribution in [2.75, 3.05) is 6.54 Å². The molecule has 2 heterocycles. The van der Waals surface area contributed by atoms with Gasteiger partial charge in [-0.05, 0) is 31.4 Å². The summed E-state index contributed by atoms with van der Waals surface area (Å²) in [5, 5.41) is 3.78. The number of nitrogens with one attached hydrogen (secondary N) is 2. The van der Waals surface area contributed by atoms with Crippen LogP contribution in [-0.4, -0.2) is 30.6 Å². The minimum Gasteiger partial charge on any atom is -0.349 e. The quantitative estimate of drug-likeness (QED) is 0.871. The molecule has 0 radical (unpaired) electrons. The molecule has 2 fully saturated rings. The van der Waals surface area contributed by atoms with Crippen LogP contribution in [0.2, 0.25) is 5.02 Å². The third-order valence-electron chi connectivity index (χ3n) is 5.39. The molecule has 0 spiro atoms. The largest absolute Gasteiger partial charge is 0.349 e. The van der Waals surface area contributed by atoms with Gasteiger partial charge in [-0.2, -0.15) is 0 Å². The lowest BCUT2D eigenvalue weighted by Crippen LogP contribution is -3.21. The van der Waals surface area contributed by atoms with Gasteiger partial charge in [-0.15, -0.1) is 0 Å². The molecule has 23 heavy (non-hydrogen) atoms. The average molecular weight is 336 g/mol. The number of carbonyl (C=O) groups is 1. The van der Waals surface area contributed by atoms with E-state index in [1.165, 1.54) is 25.8 Å². The van der Waals surface area contributed by atoms with Crippen LogP contribution in [0.1, 0.15) is 56.3 Å². The van der Waals surface area contributed by atoms with E-state index in [4.69, 9.17) is 11.6 Å². The van der Waals surface area contributed by atoms with E-state index in [-0.39, 0.29) is 5.91 Å². The summed E-state index contributed by atoms with van der Waals surface area (Å²) < 4.78 is 0. The smallest absolute Gasteiger partial charge is 0.253 e. The standard InChI is InChI=1S/C19H27ClN2O/c1-13(2)12-22-15-6-5-7-16(22)11-14(10-15)21-19(23)17-8-3-4-9-18(17)20/h3-4,8-9,13-16H,5-7,10-12H2,1-2H3,(H,21,23)/p+1/t14?,15-,16+. The molecule has 1 amide bonds. The molecule has 3 rings (SSSR count). The summed E-state index contributed by atoms with van der Waals surface area (Å²) in [6.07, 6.45) is 6.17. The number of hydrogen-bond donors (Lipinski definition) is 2. The van der Waals surface area contributed by atoms with Crippen LogP contribution in [0.25, 0.3) is 0 Å². The van der Waals surface area contributed by atoms with Gasteiger partial charge in [-0.1, -0.05) is 37.6 Å². The van der Waals surface area contributed by atoms with Crippen molar-refractivity contribution in [3.8, 4) is 0 Å². The Morgan fingerprint density at radius 1 is 1.26 bits per heavy atom. The van der Waals surface area contributed by atoms with Crippen molar-refractivity contribution in [1.82, 2.24) is 5.32 Å². The molecule has 0 saturated carbocycles. The van der Waals surface area contributed by atoms with E-state index in [0.717, 1.165) is 18.8 Å². The Morgan fingerprint density at radius 2 is 1.91 bits per heavy atom. The minimum atomic E-state index is -0.0222. The highest BCUT2D eigenvalue weighted by Gasteiger charge is 2.42. The first-order chi connectivity index (χ1) is 11.0. The molecule has 4 heteroatoms. The van der Waals surface area contributed by atoms with Crippen molar-refractivity contribution in [3.63, 3.8) is 0 Å². The number of amides is 1. The van der Waals surface area contributed by atoms with Gasteiger partial charge in [0.2, 0.25) is 0 Å². The monoisotopic (exact) mass is 335 g/mol. The van der Waals surface area contributed by atoms with Crippen LogP contribution in [0.3, 0.4) is 0 Å². The predicted molar refractivity (Wildman–Crippen MR) is 94.0 cm³/mol. The fourth-order valence-corrected chi connectivity index (χ4v) is 4.69. The van der Waals surface area contributed by atoms with Crippen LogP contribution in [0.15, 0.2) is 24.3 Å². The maximum absolute atomic E-state index is 12.5. The van der Waals surface area contributed by atoms with Crippen molar-refractivity contribution < 1.29 is 9.69 Å². The van der Waals surface area contributed by atoms with Gasteiger partial charge in [0.1, 0.15) is 0 Å². The van der Waals surface area contributed by atoms with Crippen molar-refractivity contribution in [2.45, 2.75) is 64.1 Å². The fourth-order valence-electron chi connectivity index (χ4n) is 4.47. The molecular weight excluding hydrogens is 308 g/mol. The van der Waals surface area contributed by atoms with E-state index in [1.807, 2.05) is 12.1 Å². The first-order valence-corrected chi connectivity index (χ1v) is 9.33. The number of hydrogen-bond acceptors (Lipinski definition) is 1. The summed E-state index contributed by atoms with van der Waals surface area (Å²) in [6.45, 7) is 5.89. The van der Waals surface area contributed by atoms with Crippen molar-refractivity contribution in [2.24, 2.45) is 5.92 Å². The molecular formula is C19H28ClN2O+. The van der Waals surface area contributed by atoms with Gasteiger partial charge < -0.3 is 10.2 Å². The SMILES string of the molecule is CC(C)C[NH+]1[C@@H]2CCC[C@H]1CC(NC(=O)c1ccccc1Cl)C2. The number of benzene rings is 1. The summed E-state index contributed by atoms with van der Waals surface area (Å²) in [5.41, 5.74) is 0.594. The predicted octanol–water partition coefficient (Wildman–Crippen LogP) is 2.69. The Morgan fingerprint density at radius 3 is 2.52 bits per heavy atom. The van der Waals surface area contributed by atoms with Crippen molar-refractivity contribution in [3.05, 3.63) is 34.9 Å². The number of rotatable bonds is 4. The lowest BCUT2D eigenvalue weighted by molar-refractivity contribution is -0.963. The number of piperidine rings is 2. The summed E-state index contributed by atoms with van der Waals surface area (Å²) in [7, 11) is 0. The van der Waals surface area contributed by atoms with E-state index in [1.54, 1.807) is 17.0 Å². The zero-order valence-electron chi connectivity index (χ0n) is 14.1. The number of quaternary nitrogens is 1. The van der Waals surface area contributed by atoms with E-state index in [0.29, 0.717) is 28.7 Å². The van der Waals surface area contributed by atoms with Gasteiger partial charge in [0.25, 0.3) is 5.91 Å². The molecule has 2 unspecified atom stereocenters. The van der Waals surface area contributed by atoms with Gasteiger partial charge in [0.05, 0.1) is 29.2 Å². The molecule has 2 aliphatic rings. The molecule has 0 aromatic heterocycles. The van der Waals surface area contributed by atoms with E-state index in [9.17, 15) is 4.79 Å². The van der Waals surface area contributed by atoms with E-state index < -0.39 is 0 Å². The number of halogens is 1. The summed E-state index contributed by atoms with van der Waals surface area (Å²) in [4.78, 5) is 14.3. The third kappa shape index (κ3) is 3.89. The molecule has 0 aliphatic carbocycles. The van der Waals surface area contributed by atoms with E-state index >= 15 is 0 Å². The van der Waals surface area contributed by atoms with Gasteiger partial charge in [-0.25, -0.2) is 0 Å². The lowest BCUT2D eigenvalue weighted by atomic mass is 9.81. The molecule has 2 N–H and O–H groups in total. The van der Waals surface area contributed by atoms with Gasteiger partial charge in [0, 0.05) is 24.8 Å². The highest BCUT2D eigenvalue weighted by molar-refractivity contribution is 6.33. The lowest BCUT2D eigenvalue weighted by Gasteiger charge is -2.46. The zero-order valence-corrected chi connectivity index (χ0v) is 14.9. The second kappa shape index (κ2) is 7.23. The van der Waals surface area contributed by atoms with Gasteiger partial charge in [-0.3, -0.25) is 4.79 Å². The van der Waals surface area contributed by atoms with Crippen LogP contribution in [0.5, 0.6) is 0 Å². The highest BCUT2D eigenvalue weighted by atomic mass is 35.5. The topological polar surface area (TPSA) is 33.5 Å². The minimum absolute atomic E-state index is 0.0222. The second-order valence-corrected chi connectivity index (χ2v) is 8.03. The van der Waals surface area contributed by atoms with Crippen LogP contribution < -0.4 is 10.2 Å². The van der Waals surface area contributed by atoms with Crippen molar-refractivity contribution >= 4 is 17.5 Å². The molecule has 1 aromatic carbocycles. The Labute approximate surface area is 144 Å². The molecule has 2 saturated heterocycles. The number of fused-ring (bicyclic) bond motifs is 2. The Bertz CT molecular complexity index is 546. The molecule has 126 valence electrons. The van der Waals surface area contributed by atoms with Crippen LogP contribution >= 0.6 is 11.6 Å². The molecule has 3 nitrogen and oxygen atoms in total. The second-order valence-electron chi connectivity index (χ2n) is 7.62. The maximum Gasteiger partial charge on any atom is 0.253 e. The van der Waals surface area contributed by atoms with E-state index in [2.05, 4.69) is 19.2 Å². The Kier molecular flexibility index (Phi) is 5.27. The van der Waals surface area contributed by atoms with Crippen LogP contribution in [0.4, 0.5) is 0 Å². The zero-order chi connectivity index (χ0) is 16.4. The fraction of sp³-hybridized carbons (Fsp3) is 0.632. The summed E-state index contributed by atoms with van der Waals surface area (Å²) in [6, 6.07) is 9.02. The summed E-state index contributed by atoms with van der Waals surface area (Å²) in [5.74, 6) is 0.716. The normalized spacial score (nSPS) is 30.3. The first kappa shape index (κ1) is 16.8. The number of carbonyl (C=O) groups excluding carboxylic acids is 1. The van der Waals surface area contributed by atoms with Gasteiger partial charge in [0.15, 0.2) is 0 Å². The Hall–Kier alpha value is -1.06. The van der Waals surface area contributed by atoms with Crippen LogP contribution in [-0.2, 0) is 0 Å². The van der Waals surface area contributed by atoms with Crippen molar-refractivity contribution in [1.29, 1.82) is 0 Å². The van der Waals surface area contributed by atoms with Gasteiger partial charge >= 0.3 is 0 Å². The van der Waals surface area contributed by atoms with Crippen LogP contribution in [0, 0.1) is 5.92 Å². The third-order valence-corrected chi connectivity index (χ3v) is 5.72. The maximum atomic E-state index is 12.5. The molecule has 2 aliphatic heterocycles. The summed E-state index contributed by atoms with van der Waals surface area (Å²) >= 11 is 6.15.